The summed E-state index contributed by atoms with van der Waals surface area (Å²) in [4.78, 5) is 13.4. The van der Waals surface area contributed by atoms with Crippen LogP contribution in [0.15, 0.2) is 42.9 Å². The molecule has 0 atom stereocenters. The number of fused-ring (bicyclic) bond motifs is 3. The van der Waals surface area contributed by atoms with Crippen LogP contribution in [-0.4, -0.2) is 41.0 Å². The molecular formula is C23H24N6O2. The summed E-state index contributed by atoms with van der Waals surface area (Å²) < 4.78 is 10.9. The largest absolute Gasteiger partial charge is 0.493 e. The van der Waals surface area contributed by atoms with Gasteiger partial charge in [0.2, 0.25) is 0 Å². The quantitative estimate of drug-likeness (QED) is 0.257. The average Bonchev–Trinajstić information content (AvgIpc) is 2.77. The molecule has 0 spiro atoms. The summed E-state index contributed by atoms with van der Waals surface area (Å²) in [5.74, 6) is 1.90. The van der Waals surface area contributed by atoms with Gasteiger partial charge < -0.3 is 20.5 Å². The highest BCUT2D eigenvalue weighted by molar-refractivity contribution is 6.10. The van der Waals surface area contributed by atoms with E-state index in [0.717, 1.165) is 27.2 Å². The molecule has 4 rings (SSSR count). The Labute approximate surface area is 180 Å². The van der Waals surface area contributed by atoms with E-state index in [2.05, 4.69) is 20.3 Å². The molecule has 0 saturated carbocycles. The van der Waals surface area contributed by atoms with Crippen molar-refractivity contribution in [2.75, 3.05) is 20.0 Å². The number of ether oxygens (including phenoxy) is 2. The van der Waals surface area contributed by atoms with Crippen molar-refractivity contribution in [1.29, 1.82) is 5.41 Å². The summed E-state index contributed by atoms with van der Waals surface area (Å²) >= 11 is 0. The number of hydrogen-bond acceptors (Lipinski definition) is 7. The predicted molar refractivity (Wildman–Crippen MR) is 123 cm³/mol. The molecule has 0 unspecified atom stereocenters. The van der Waals surface area contributed by atoms with Crippen LogP contribution in [0, 0.1) is 5.41 Å². The van der Waals surface area contributed by atoms with E-state index in [-0.39, 0.29) is 6.04 Å². The van der Waals surface area contributed by atoms with Crippen LogP contribution in [0.25, 0.3) is 32.9 Å². The number of benzene rings is 1. The maximum Gasteiger partial charge on any atom is 0.162 e. The Bertz CT molecular complexity index is 1300. The summed E-state index contributed by atoms with van der Waals surface area (Å²) in [6, 6.07) is 7.72. The smallest absolute Gasteiger partial charge is 0.162 e. The first-order valence-corrected chi connectivity index (χ1v) is 9.83. The Balaban J connectivity index is 1.90. The van der Waals surface area contributed by atoms with E-state index in [0.29, 0.717) is 34.4 Å². The maximum absolute atomic E-state index is 8.25. The third kappa shape index (κ3) is 3.79. The highest BCUT2D eigenvalue weighted by Crippen LogP contribution is 2.36. The first-order chi connectivity index (χ1) is 14.9. The molecule has 0 aliphatic rings. The predicted octanol–water partition coefficient (Wildman–Crippen LogP) is 3.77. The zero-order valence-corrected chi connectivity index (χ0v) is 17.9. The van der Waals surface area contributed by atoms with Gasteiger partial charge in [-0.2, -0.15) is 0 Å². The number of methoxy groups -OCH3 is 2. The van der Waals surface area contributed by atoms with E-state index in [4.69, 9.17) is 20.6 Å². The van der Waals surface area contributed by atoms with Gasteiger partial charge in [-0.1, -0.05) is 0 Å². The Morgan fingerprint density at radius 1 is 0.968 bits per heavy atom. The second-order valence-electron chi connectivity index (χ2n) is 7.47. The molecule has 0 amide bonds. The minimum atomic E-state index is 0.149. The summed E-state index contributed by atoms with van der Waals surface area (Å²) in [6.45, 7) is 3.97. The second-order valence-corrected chi connectivity index (χ2v) is 7.47. The molecule has 0 radical (unpaired) electrons. The van der Waals surface area contributed by atoms with E-state index in [1.54, 1.807) is 32.8 Å². The summed E-state index contributed by atoms with van der Waals surface area (Å²) in [6.07, 6.45) is 5.08. The van der Waals surface area contributed by atoms with Gasteiger partial charge in [-0.3, -0.25) is 15.4 Å². The number of nitrogen functional groups attached to an aromatic ring is 1. The van der Waals surface area contributed by atoms with Gasteiger partial charge in [-0.05, 0) is 37.4 Å². The van der Waals surface area contributed by atoms with Crippen molar-refractivity contribution in [1.82, 2.24) is 20.3 Å². The first kappa shape index (κ1) is 20.3. The molecule has 0 aliphatic carbocycles. The number of aromatic nitrogens is 3. The molecule has 8 heteroatoms. The molecule has 0 fully saturated rings. The first-order valence-electron chi connectivity index (χ1n) is 9.83. The molecule has 4 N–H and O–H groups in total. The molecule has 158 valence electrons. The average molecular weight is 416 g/mol. The zero-order valence-electron chi connectivity index (χ0n) is 17.9. The molecule has 0 saturated heterocycles. The number of pyridine rings is 3. The lowest BCUT2D eigenvalue weighted by Crippen LogP contribution is -2.30. The summed E-state index contributed by atoms with van der Waals surface area (Å²) in [7, 11) is 3.19. The molecule has 1 aromatic carbocycles. The second kappa shape index (κ2) is 8.06. The molecule has 8 nitrogen and oxygen atoms in total. The third-order valence-electron chi connectivity index (χ3n) is 4.97. The van der Waals surface area contributed by atoms with Gasteiger partial charge in [0.25, 0.3) is 0 Å². The highest BCUT2D eigenvalue weighted by Gasteiger charge is 2.14. The number of nitrogens with one attached hydrogen (secondary N) is 2. The van der Waals surface area contributed by atoms with Gasteiger partial charge in [-0.15, -0.1) is 0 Å². The minimum absolute atomic E-state index is 0.149. The van der Waals surface area contributed by atoms with Gasteiger partial charge in [0, 0.05) is 52.6 Å². The fourth-order valence-electron chi connectivity index (χ4n) is 3.49. The number of nitrogens with zero attached hydrogens (tertiary/aromatic N) is 3. The highest BCUT2D eigenvalue weighted by atomic mass is 16.5. The minimum Gasteiger partial charge on any atom is -0.493 e. The standard InChI is InChI=1S/C23H24N6O2/c1-12(2)28-22(24)14-5-13(9-26-10-14)18-6-15-16-7-20(30-3)21(31-4)8-19(16)27-11-17(15)23(25)29-18/h5-12H,1-4H3,(H2,24,28)(H2,25,29). The monoisotopic (exact) mass is 416 g/mol. The van der Waals surface area contributed by atoms with E-state index >= 15 is 0 Å². The Kier molecular flexibility index (Phi) is 5.29. The lowest BCUT2D eigenvalue weighted by atomic mass is 10.0. The van der Waals surface area contributed by atoms with Crippen LogP contribution in [-0.2, 0) is 0 Å². The lowest BCUT2D eigenvalue weighted by molar-refractivity contribution is 0.356. The van der Waals surface area contributed by atoms with Gasteiger partial charge in [0.15, 0.2) is 11.5 Å². The van der Waals surface area contributed by atoms with Crippen molar-refractivity contribution in [3.05, 3.63) is 48.4 Å². The fraction of sp³-hybridized carbons (Fsp3) is 0.217. The van der Waals surface area contributed by atoms with Gasteiger partial charge in [0.05, 0.1) is 25.4 Å². The third-order valence-corrected chi connectivity index (χ3v) is 4.97. The molecular weight excluding hydrogens is 392 g/mol. The Hall–Kier alpha value is -3.94. The van der Waals surface area contributed by atoms with Crippen molar-refractivity contribution in [2.24, 2.45) is 0 Å². The topological polar surface area (TPSA) is 119 Å². The van der Waals surface area contributed by atoms with Crippen LogP contribution >= 0.6 is 0 Å². The SMILES string of the molecule is COc1cc2ncc3c(N)nc(-c4cncc(C(=N)NC(C)C)c4)cc3c2cc1OC. The number of rotatable bonds is 5. The normalized spacial score (nSPS) is 11.1. The molecule has 4 aromatic rings. The van der Waals surface area contributed by atoms with E-state index in [9.17, 15) is 0 Å². The summed E-state index contributed by atoms with van der Waals surface area (Å²) in [5.41, 5.74) is 9.17. The fourth-order valence-corrected chi connectivity index (χ4v) is 3.49. The van der Waals surface area contributed by atoms with Crippen LogP contribution in [0.3, 0.4) is 0 Å². The van der Waals surface area contributed by atoms with Gasteiger partial charge >= 0.3 is 0 Å². The van der Waals surface area contributed by atoms with Crippen LogP contribution in [0.2, 0.25) is 0 Å². The van der Waals surface area contributed by atoms with Crippen LogP contribution in [0.4, 0.5) is 5.82 Å². The maximum atomic E-state index is 8.25. The number of amidine groups is 1. The lowest BCUT2D eigenvalue weighted by Gasteiger charge is -2.13. The van der Waals surface area contributed by atoms with Crippen molar-refractivity contribution < 1.29 is 9.47 Å². The Morgan fingerprint density at radius 2 is 1.71 bits per heavy atom. The van der Waals surface area contributed by atoms with E-state index in [1.807, 2.05) is 38.1 Å². The number of nitrogens with two attached hydrogens (primary N) is 1. The van der Waals surface area contributed by atoms with E-state index < -0.39 is 0 Å². The summed E-state index contributed by atoms with van der Waals surface area (Å²) in [5, 5.41) is 13.9. The van der Waals surface area contributed by atoms with Gasteiger partial charge in [0.1, 0.15) is 11.7 Å². The van der Waals surface area contributed by atoms with Crippen molar-refractivity contribution >= 4 is 33.3 Å². The molecule has 31 heavy (non-hydrogen) atoms. The van der Waals surface area contributed by atoms with Crippen LogP contribution in [0.5, 0.6) is 11.5 Å². The van der Waals surface area contributed by atoms with Crippen LogP contribution < -0.4 is 20.5 Å². The van der Waals surface area contributed by atoms with Crippen molar-refractivity contribution in [3.8, 4) is 22.8 Å². The van der Waals surface area contributed by atoms with Crippen molar-refractivity contribution in [2.45, 2.75) is 19.9 Å². The molecule has 3 aromatic heterocycles. The van der Waals surface area contributed by atoms with Crippen LogP contribution in [0.1, 0.15) is 19.4 Å². The van der Waals surface area contributed by atoms with Crippen molar-refractivity contribution in [3.63, 3.8) is 0 Å². The zero-order chi connectivity index (χ0) is 22.1. The van der Waals surface area contributed by atoms with E-state index in [1.165, 1.54) is 0 Å². The number of anilines is 1. The van der Waals surface area contributed by atoms with Gasteiger partial charge in [-0.25, -0.2) is 4.98 Å². The molecule has 3 heterocycles. The number of hydrogen-bond donors (Lipinski definition) is 3. The Morgan fingerprint density at radius 3 is 2.42 bits per heavy atom. The molecule has 0 bridgehead atoms. The molecule has 0 aliphatic heterocycles.